The maximum Gasteiger partial charge on any atom is 0.416 e. The standard InChI is InChI=1S/C19H27F3N2O2/c1-5-16-12-23(4)13(3)11-24(16)17(18(25)26-6-2)14-7-9-15(10-8-14)19(20,21)22/h7-10,13,16-17H,5-6,11-12H2,1-4H3/t13?,16-,17?/m1/s1. The minimum absolute atomic E-state index is 0.132. The van der Waals surface area contributed by atoms with Crippen LogP contribution in [0.3, 0.4) is 0 Å². The second-order valence-electron chi connectivity index (χ2n) is 6.82. The first-order valence-electron chi connectivity index (χ1n) is 8.98. The Hall–Kier alpha value is -1.60. The highest BCUT2D eigenvalue weighted by molar-refractivity contribution is 5.77. The quantitative estimate of drug-likeness (QED) is 0.738. The van der Waals surface area contributed by atoms with Gasteiger partial charge in [-0.1, -0.05) is 19.1 Å². The smallest absolute Gasteiger partial charge is 0.416 e. The van der Waals surface area contributed by atoms with Crippen molar-refractivity contribution in [3.8, 4) is 0 Å². The van der Waals surface area contributed by atoms with Crippen LogP contribution in [0.15, 0.2) is 24.3 Å². The molecule has 1 aliphatic heterocycles. The van der Waals surface area contributed by atoms with Gasteiger partial charge >= 0.3 is 12.1 Å². The number of benzene rings is 1. The van der Waals surface area contributed by atoms with E-state index in [0.717, 1.165) is 25.1 Å². The zero-order valence-electron chi connectivity index (χ0n) is 15.7. The summed E-state index contributed by atoms with van der Waals surface area (Å²) in [6.07, 6.45) is -3.56. The molecular formula is C19H27F3N2O2. The van der Waals surface area contributed by atoms with Gasteiger partial charge < -0.3 is 9.64 Å². The minimum atomic E-state index is -4.40. The van der Waals surface area contributed by atoms with Crippen LogP contribution in [0.5, 0.6) is 0 Å². The molecule has 0 radical (unpaired) electrons. The Morgan fingerprint density at radius 3 is 2.35 bits per heavy atom. The van der Waals surface area contributed by atoms with E-state index in [9.17, 15) is 18.0 Å². The van der Waals surface area contributed by atoms with Crippen molar-refractivity contribution >= 4 is 5.97 Å². The maximum absolute atomic E-state index is 12.9. The molecule has 0 spiro atoms. The van der Waals surface area contributed by atoms with Gasteiger partial charge in [-0.2, -0.15) is 13.2 Å². The molecule has 1 aromatic rings. The van der Waals surface area contributed by atoms with Gasteiger partial charge in [0.15, 0.2) is 0 Å². The van der Waals surface area contributed by atoms with Crippen molar-refractivity contribution < 1.29 is 22.7 Å². The number of alkyl halides is 3. The van der Waals surface area contributed by atoms with Crippen LogP contribution in [0.25, 0.3) is 0 Å². The molecule has 4 nitrogen and oxygen atoms in total. The third-order valence-electron chi connectivity index (χ3n) is 5.06. The lowest BCUT2D eigenvalue weighted by atomic mass is 9.97. The Morgan fingerprint density at radius 1 is 1.23 bits per heavy atom. The van der Waals surface area contributed by atoms with Crippen molar-refractivity contribution in [2.75, 3.05) is 26.7 Å². The second-order valence-corrected chi connectivity index (χ2v) is 6.82. The molecule has 0 aromatic heterocycles. The van der Waals surface area contributed by atoms with E-state index in [-0.39, 0.29) is 18.7 Å². The number of nitrogens with zero attached hydrogens (tertiary/aromatic N) is 2. The van der Waals surface area contributed by atoms with Crippen molar-refractivity contribution in [1.29, 1.82) is 0 Å². The predicted octanol–water partition coefficient (Wildman–Crippen LogP) is 3.72. The average molecular weight is 372 g/mol. The van der Waals surface area contributed by atoms with Gasteiger partial charge in [0.05, 0.1) is 12.2 Å². The molecule has 1 aliphatic rings. The van der Waals surface area contributed by atoms with Gasteiger partial charge in [-0.25, -0.2) is 4.79 Å². The van der Waals surface area contributed by atoms with Crippen LogP contribution in [0.4, 0.5) is 13.2 Å². The summed E-state index contributed by atoms with van der Waals surface area (Å²) >= 11 is 0. The Kier molecular flexibility index (Phi) is 6.69. The van der Waals surface area contributed by atoms with Crippen LogP contribution < -0.4 is 0 Å². The number of likely N-dealkylation sites (N-methyl/N-ethyl adjacent to an activating group) is 1. The van der Waals surface area contributed by atoms with Crippen molar-refractivity contribution in [3.63, 3.8) is 0 Å². The Bertz CT molecular complexity index is 604. The van der Waals surface area contributed by atoms with Crippen LogP contribution in [-0.2, 0) is 15.7 Å². The second kappa shape index (κ2) is 8.39. The first-order chi connectivity index (χ1) is 12.2. The third kappa shape index (κ3) is 4.57. The molecule has 0 bridgehead atoms. The van der Waals surface area contributed by atoms with E-state index in [0.29, 0.717) is 12.1 Å². The first kappa shape index (κ1) is 20.7. The lowest BCUT2D eigenvalue weighted by Gasteiger charge is -2.46. The topological polar surface area (TPSA) is 32.8 Å². The molecule has 1 saturated heterocycles. The summed E-state index contributed by atoms with van der Waals surface area (Å²) in [5.74, 6) is -0.414. The number of hydrogen-bond donors (Lipinski definition) is 0. The highest BCUT2D eigenvalue weighted by Gasteiger charge is 2.38. The van der Waals surface area contributed by atoms with Gasteiger partial charge in [-0.05, 0) is 45.0 Å². The molecule has 1 heterocycles. The summed E-state index contributed by atoms with van der Waals surface area (Å²) in [6.45, 7) is 7.54. The molecule has 0 N–H and O–H groups in total. The van der Waals surface area contributed by atoms with Crippen molar-refractivity contribution in [1.82, 2.24) is 9.80 Å². The number of esters is 1. The number of ether oxygens (including phenoxy) is 1. The van der Waals surface area contributed by atoms with E-state index < -0.39 is 23.8 Å². The van der Waals surface area contributed by atoms with Crippen LogP contribution in [0.1, 0.15) is 44.4 Å². The summed E-state index contributed by atoms with van der Waals surface area (Å²) < 4.78 is 43.8. The lowest BCUT2D eigenvalue weighted by molar-refractivity contribution is -0.153. The fourth-order valence-corrected chi connectivity index (χ4v) is 3.43. The largest absolute Gasteiger partial charge is 0.465 e. The number of rotatable bonds is 5. The van der Waals surface area contributed by atoms with Crippen molar-refractivity contribution in [3.05, 3.63) is 35.4 Å². The van der Waals surface area contributed by atoms with Gasteiger partial charge in [-0.3, -0.25) is 4.90 Å². The van der Waals surface area contributed by atoms with Crippen LogP contribution in [0, 0.1) is 0 Å². The van der Waals surface area contributed by atoms with Crippen molar-refractivity contribution in [2.24, 2.45) is 0 Å². The molecule has 2 unspecified atom stereocenters. The van der Waals surface area contributed by atoms with Gasteiger partial charge in [0.2, 0.25) is 0 Å². The number of carbonyl (C=O) groups excluding carboxylic acids is 1. The zero-order valence-corrected chi connectivity index (χ0v) is 15.7. The normalized spacial score (nSPS) is 23.7. The lowest BCUT2D eigenvalue weighted by Crippen LogP contribution is -2.57. The van der Waals surface area contributed by atoms with Crippen LogP contribution >= 0.6 is 0 Å². The molecule has 0 saturated carbocycles. The molecule has 3 atom stereocenters. The fourth-order valence-electron chi connectivity index (χ4n) is 3.43. The number of carbonyl (C=O) groups is 1. The van der Waals surface area contributed by atoms with E-state index in [4.69, 9.17) is 4.74 Å². The van der Waals surface area contributed by atoms with E-state index in [1.807, 2.05) is 7.05 Å². The molecule has 1 fully saturated rings. The summed E-state index contributed by atoms with van der Waals surface area (Å²) in [4.78, 5) is 17.0. The molecule has 2 rings (SSSR count). The Labute approximate surface area is 152 Å². The number of hydrogen-bond acceptors (Lipinski definition) is 4. The summed E-state index contributed by atoms with van der Waals surface area (Å²) in [6, 6.07) is 4.51. The monoisotopic (exact) mass is 372 g/mol. The molecule has 26 heavy (non-hydrogen) atoms. The van der Waals surface area contributed by atoms with Crippen molar-refractivity contribution in [2.45, 2.75) is 51.5 Å². The van der Waals surface area contributed by atoms with Gasteiger partial charge in [-0.15, -0.1) is 0 Å². The maximum atomic E-state index is 12.9. The average Bonchev–Trinajstić information content (AvgIpc) is 2.58. The van der Waals surface area contributed by atoms with Crippen LogP contribution in [0.2, 0.25) is 0 Å². The molecule has 7 heteroatoms. The van der Waals surface area contributed by atoms with E-state index in [1.54, 1.807) is 6.92 Å². The van der Waals surface area contributed by atoms with Gasteiger partial charge in [0.25, 0.3) is 0 Å². The molecule has 1 aromatic carbocycles. The van der Waals surface area contributed by atoms with Gasteiger partial charge in [0, 0.05) is 25.2 Å². The Morgan fingerprint density at radius 2 is 1.85 bits per heavy atom. The van der Waals surface area contributed by atoms with Crippen LogP contribution in [-0.4, -0.2) is 54.6 Å². The van der Waals surface area contributed by atoms with E-state index in [2.05, 4.69) is 23.6 Å². The summed E-state index contributed by atoms with van der Waals surface area (Å²) in [5.41, 5.74) is -0.186. The highest BCUT2D eigenvalue weighted by Crippen LogP contribution is 2.33. The Balaban J connectivity index is 2.38. The number of piperazine rings is 1. The van der Waals surface area contributed by atoms with Gasteiger partial charge in [0.1, 0.15) is 6.04 Å². The van der Waals surface area contributed by atoms with E-state index >= 15 is 0 Å². The zero-order chi connectivity index (χ0) is 19.5. The summed E-state index contributed by atoms with van der Waals surface area (Å²) in [5, 5.41) is 0. The summed E-state index contributed by atoms with van der Waals surface area (Å²) in [7, 11) is 2.04. The molecule has 0 aliphatic carbocycles. The number of halogens is 3. The fraction of sp³-hybridized carbons (Fsp3) is 0.632. The predicted molar refractivity (Wildman–Crippen MR) is 93.7 cm³/mol. The molecular weight excluding hydrogens is 345 g/mol. The molecule has 0 amide bonds. The third-order valence-corrected chi connectivity index (χ3v) is 5.06. The minimum Gasteiger partial charge on any atom is -0.465 e. The first-order valence-corrected chi connectivity index (χ1v) is 8.98. The molecule has 146 valence electrons. The highest BCUT2D eigenvalue weighted by atomic mass is 19.4. The van der Waals surface area contributed by atoms with E-state index in [1.165, 1.54) is 12.1 Å². The SMILES string of the molecule is CCOC(=O)C(c1ccc(C(F)(F)F)cc1)N1CC(C)N(C)C[C@H]1CC.